The fraction of sp³-hybridized carbons (Fsp3) is 0.474. The maximum absolute atomic E-state index is 13.8. The summed E-state index contributed by atoms with van der Waals surface area (Å²) in [6.45, 7) is 2.88. The van der Waals surface area contributed by atoms with Crippen molar-refractivity contribution in [1.29, 1.82) is 0 Å². The van der Waals surface area contributed by atoms with Gasteiger partial charge in [0.25, 0.3) is 6.43 Å². The highest BCUT2D eigenvalue weighted by molar-refractivity contribution is 5.41. The van der Waals surface area contributed by atoms with Crippen LogP contribution in [0.25, 0.3) is 0 Å². The van der Waals surface area contributed by atoms with Crippen molar-refractivity contribution in [3.8, 4) is 0 Å². The highest BCUT2D eigenvalue weighted by Crippen LogP contribution is 2.39. The number of benzene rings is 1. The molecule has 1 saturated carbocycles. The van der Waals surface area contributed by atoms with Crippen molar-refractivity contribution >= 4 is 5.82 Å². The highest BCUT2D eigenvalue weighted by atomic mass is 19.3. The Balaban J connectivity index is 1.43. The van der Waals surface area contributed by atoms with Crippen LogP contribution in [0.15, 0.2) is 24.3 Å². The van der Waals surface area contributed by atoms with Gasteiger partial charge < -0.3 is 4.90 Å². The number of hydrogen-bond donors (Lipinski definition) is 0. The zero-order chi connectivity index (χ0) is 19.0. The second-order valence-corrected chi connectivity index (χ2v) is 7.08. The minimum atomic E-state index is -2.62. The summed E-state index contributed by atoms with van der Waals surface area (Å²) in [6.07, 6.45) is -0.723. The molecule has 0 bridgehead atoms. The molecule has 2 aromatic rings. The second kappa shape index (κ2) is 7.42. The van der Waals surface area contributed by atoms with E-state index >= 15 is 0 Å². The van der Waals surface area contributed by atoms with Gasteiger partial charge in [-0.1, -0.05) is 6.07 Å². The molecule has 0 unspecified atom stereocenters. The first-order chi connectivity index (χ1) is 13.0. The van der Waals surface area contributed by atoms with E-state index in [-0.39, 0.29) is 11.6 Å². The lowest BCUT2D eigenvalue weighted by Gasteiger charge is -2.35. The number of alkyl halides is 2. The SMILES string of the molecule is Fc1ccc(CN2CCN(c3cc(C(F)F)nc(C4CC4)n3)CC2)c(F)c1. The molecule has 144 valence electrons. The van der Waals surface area contributed by atoms with Gasteiger partial charge in [-0.05, 0) is 18.9 Å². The molecule has 1 aromatic heterocycles. The molecule has 8 heteroatoms. The number of piperazine rings is 1. The van der Waals surface area contributed by atoms with E-state index in [2.05, 4.69) is 14.9 Å². The molecule has 0 atom stereocenters. The third-order valence-corrected chi connectivity index (χ3v) is 5.02. The Morgan fingerprint density at radius 3 is 2.37 bits per heavy atom. The maximum atomic E-state index is 13.8. The van der Waals surface area contributed by atoms with Crippen LogP contribution in [-0.4, -0.2) is 41.0 Å². The molecule has 2 fully saturated rings. The Morgan fingerprint density at radius 2 is 1.74 bits per heavy atom. The van der Waals surface area contributed by atoms with Crippen molar-refractivity contribution in [2.75, 3.05) is 31.1 Å². The summed E-state index contributed by atoms with van der Waals surface area (Å²) in [5.74, 6) is 0.105. The molecule has 1 aliphatic carbocycles. The highest BCUT2D eigenvalue weighted by Gasteiger charge is 2.29. The van der Waals surface area contributed by atoms with E-state index in [1.54, 1.807) is 0 Å². The van der Waals surface area contributed by atoms with Crippen molar-refractivity contribution in [1.82, 2.24) is 14.9 Å². The molecule has 4 rings (SSSR count). The first-order valence-electron chi connectivity index (χ1n) is 9.08. The van der Waals surface area contributed by atoms with Gasteiger partial charge in [0.1, 0.15) is 29.0 Å². The Kier molecular flexibility index (Phi) is 4.99. The molecule has 0 radical (unpaired) electrons. The largest absolute Gasteiger partial charge is 0.354 e. The Labute approximate surface area is 154 Å². The quantitative estimate of drug-likeness (QED) is 0.737. The molecule has 27 heavy (non-hydrogen) atoms. The normalized spacial score (nSPS) is 18.3. The van der Waals surface area contributed by atoms with Gasteiger partial charge in [-0.25, -0.2) is 27.5 Å². The van der Waals surface area contributed by atoms with Crippen molar-refractivity contribution in [2.24, 2.45) is 0 Å². The molecule has 1 aliphatic heterocycles. The van der Waals surface area contributed by atoms with E-state index in [0.717, 1.165) is 18.9 Å². The molecule has 2 aliphatic rings. The fourth-order valence-electron chi connectivity index (χ4n) is 3.30. The Bertz CT molecular complexity index is 797. The van der Waals surface area contributed by atoms with E-state index in [1.165, 1.54) is 18.2 Å². The summed E-state index contributed by atoms with van der Waals surface area (Å²) in [5.41, 5.74) is 0.223. The lowest BCUT2D eigenvalue weighted by Crippen LogP contribution is -2.46. The van der Waals surface area contributed by atoms with Crippen molar-refractivity contribution in [3.05, 3.63) is 53.0 Å². The Morgan fingerprint density at radius 1 is 1.00 bits per heavy atom. The summed E-state index contributed by atoms with van der Waals surface area (Å²) in [7, 11) is 0. The summed E-state index contributed by atoms with van der Waals surface area (Å²) in [5, 5.41) is 0. The summed E-state index contributed by atoms with van der Waals surface area (Å²) >= 11 is 0. The van der Waals surface area contributed by atoms with Crippen LogP contribution >= 0.6 is 0 Å². The summed E-state index contributed by atoms with van der Waals surface area (Å²) in [6, 6.07) is 4.96. The van der Waals surface area contributed by atoms with E-state index in [9.17, 15) is 17.6 Å². The average molecular weight is 380 g/mol. The molecule has 4 nitrogen and oxygen atoms in total. The first-order valence-corrected chi connectivity index (χ1v) is 9.08. The molecule has 1 aromatic carbocycles. The molecule has 1 saturated heterocycles. The summed E-state index contributed by atoms with van der Waals surface area (Å²) in [4.78, 5) is 12.5. The number of halogens is 4. The number of aromatic nitrogens is 2. The van der Waals surface area contributed by atoms with Crippen molar-refractivity contribution < 1.29 is 17.6 Å². The molecular formula is C19H20F4N4. The van der Waals surface area contributed by atoms with Crippen LogP contribution in [0.2, 0.25) is 0 Å². The zero-order valence-electron chi connectivity index (χ0n) is 14.7. The van der Waals surface area contributed by atoms with E-state index in [4.69, 9.17) is 0 Å². The smallest absolute Gasteiger partial charge is 0.280 e. The van der Waals surface area contributed by atoms with Crippen LogP contribution in [-0.2, 0) is 6.54 Å². The number of anilines is 1. The third kappa shape index (κ3) is 4.21. The average Bonchev–Trinajstić information content (AvgIpc) is 3.49. The lowest BCUT2D eigenvalue weighted by atomic mass is 10.1. The van der Waals surface area contributed by atoms with Crippen molar-refractivity contribution in [2.45, 2.75) is 31.7 Å². The molecule has 2 heterocycles. The third-order valence-electron chi connectivity index (χ3n) is 5.02. The van der Waals surface area contributed by atoms with E-state index < -0.39 is 18.1 Å². The van der Waals surface area contributed by atoms with Gasteiger partial charge in [-0.15, -0.1) is 0 Å². The Hall–Kier alpha value is -2.22. The van der Waals surface area contributed by atoms with Crippen LogP contribution < -0.4 is 4.90 Å². The van der Waals surface area contributed by atoms with Crippen LogP contribution in [0.3, 0.4) is 0 Å². The molecule has 0 amide bonds. The van der Waals surface area contributed by atoms with Crippen LogP contribution in [0.1, 0.15) is 42.3 Å². The fourth-order valence-corrected chi connectivity index (χ4v) is 3.30. The van der Waals surface area contributed by atoms with Crippen LogP contribution in [0.4, 0.5) is 23.4 Å². The van der Waals surface area contributed by atoms with E-state index in [1.807, 2.05) is 4.90 Å². The monoisotopic (exact) mass is 380 g/mol. The van der Waals surface area contributed by atoms with Gasteiger partial charge in [0.2, 0.25) is 0 Å². The van der Waals surface area contributed by atoms with E-state index in [0.29, 0.717) is 49.9 Å². The molecule has 0 N–H and O–H groups in total. The van der Waals surface area contributed by atoms with Crippen molar-refractivity contribution in [3.63, 3.8) is 0 Å². The van der Waals surface area contributed by atoms with Crippen LogP contribution in [0, 0.1) is 11.6 Å². The second-order valence-electron chi connectivity index (χ2n) is 7.08. The minimum Gasteiger partial charge on any atom is -0.354 e. The number of nitrogens with zero attached hydrogens (tertiary/aromatic N) is 4. The van der Waals surface area contributed by atoms with Gasteiger partial charge in [0, 0.05) is 56.3 Å². The van der Waals surface area contributed by atoms with Gasteiger partial charge in [0.05, 0.1) is 0 Å². The minimum absolute atomic E-state index is 0.199. The molecule has 0 spiro atoms. The zero-order valence-corrected chi connectivity index (χ0v) is 14.7. The van der Waals surface area contributed by atoms with Gasteiger partial charge in [-0.3, -0.25) is 4.90 Å². The number of rotatable bonds is 5. The summed E-state index contributed by atoms with van der Waals surface area (Å²) < 4.78 is 53.2. The first kappa shape index (κ1) is 18.2. The lowest BCUT2D eigenvalue weighted by molar-refractivity contribution is 0.145. The standard InChI is InChI=1S/C19H20F4N4/c20-14-4-3-13(15(21)9-14)11-26-5-7-27(8-6-26)17-10-16(18(22)23)24-19(25-17)12-1-2-12/h3-4,9-10,12,18H,1-2,5-8,11H2. The topological polar surface area (TPSA) is 32.3 Å². The molecular weight excluding hydrogens is 360 g/mol. The van der Waals surface area contributed by atoms with Gasteiger partial charge >= 0.3 is 0 Å². The predicted octanol–water partition coefficient (Wildman–Crippen LogP) is 3.89. The van der Waals surface area contributed by atoms with Gasteiger partial charge in [-0.2, -0.15) is 0 Å². The maximum Gasteiger partial charge on any atom is 0.280 e. The van der Waals surface area contributed by atoms with Crippen LogP contribution in [0.5, 0.6) is 0 Å². The predicted molar refractivity (Wildman–Crippen MR) is 92.8 cm³/mol. The van der Waals surface area contributed by atoms with Gasteiger partial charge in [0.15, 0.2) is 0 Å². The number of hydrogen-bond acceptors (Lipinski definition) is 4.